The first-order chi connectivity index (χ1) is 7.24. The maximum atomic E-state index is 8.59. The van der Waals surface area contributed by atoms with E-state index in [1.165, 1.54) is 0 Å². The summed E-state index contributed by atoms with van der Waals surface area (Å²) in [5.74, 6) is 0.958. The van der Waals surface area contributed by atoms with Crippen LogP contribution in [-0.4, -0.2) is 30.6 Å². The molecule has 1 aromatic rings. The van der Waals surface area contributed by atoms with Gasteiger partial charge >= 0.3 is 0 Å². The molecular formula is C10H14Cl2NOS+. The third kappa shape index (κ3) is 5.09. The van der Waals surface area contributed by atoms with Gasteiger partial charge < -0.3 is 10.4 Å². The Kier molecular flexibility index (Phi) is 6.45. The molecule has 0 radical (unpaired) electrons. The van der Waals surface area contributed by atoms with E-state index < -0.39 is 0 Å². The van der Waals surface area contributed by atoms with E-state index in [0.29, 0.717) is 5.02 Å². The van der Waals surface area contributed by atoms with Gasteiger partial charge in [0.1, 0.15) is 0 Å². The van der Waals surface area contributed by atoms with Gasteiger partial charge in [0.05, 0.1) is 24.7 Å². The van der Waals surface area contributed by atoms with Gasteiger partial charge in [-0.2, -0.15) is 0 Å². The van der Waals surface area contributed by atoms with Crippen LogP contribution in [0.3, 0.4) is 0 Å². The lowest BCUT2D eigenvalue weighted by Gasteiger charge is -2.04. The normalized spacial score (nSPS) is 10.6. The molecule has 0 spiro atoms. The summed E-state index contributed by atoms with van der Waals surface area (Å²) in [5, 5.41) is 12.1. The third-order valence-corrected chi connectivity index (χ3v) is 3.57. The summed E-state index contributed by atoms with van der Waals surface area (Å²) in [4.78, 5) is 1.02. The molecule has 0 bridgehead atoms. The van der Waals surface area contributed by atoms with Crippen LogP contribution in [-0.2, 0) is 0 Å². The lowest BCUT2D eigenvalue weighted by molar-refractivity contribution is -0.651. The van der Waals surface area contributed by atoms with E-state index in [1.54, 1.807) is 17.8 Å². The van der Waals surface area contributed by atoms with Crippen LogP contribution in [0.4, 0.5) is 0 Å². The quantitative estimate of drug-likeness (QED) is 0.607. The second-order valence-corrected chi connectivity index (χ2v) is 4.99. The van der Waals surface area contributed by atoms with Gasteiger partial charge in [0, 0.05) is 15.7 Å². The molecule has 0 heterocycles. The zero-order valence-corrected chi connectivity index (χ0v) is 10.6. The molecule has 1 aromatic carbocycles. The van der Waals surface area contributed by atoms with E-state index in [9.17, 15) is 0 Å². The number of halogens is 2. The molecule has 0 saturated carbocycles. The Morgan fingerprint density at radius 3 is 2.80 bits per heavy atom. The Bertz CT molecular complexity index is 309. The van der Waals surface area contributed by atoms with Crippen LogP contribution in [0.1, 0.15) is 0 Å². The molecule has 15 heavy (non-hydrogen) atoms. The molecule has 2 nitrogen and oxygen atoms in total. The summed E-state index contributed by atoms with van der Waals surface area (Å²) in [6, 6.07) is 5.47. The highest BCUT2D eigenvalue weighted by Gasteiger charge is 2.02. The number of hydrogen-bond donors (Lipinski definition) is 2. The number of thioether (sulfide) groups is 1. The van der Waals surface area contributed by atoms with Crippen molar-refractivity contribution in [3.8, 4) is 0 Å². The predicted molar refractivity (Wildman–Crippen MR) is 65.9 cm³/mol. The summed E-state index contributed by atoms with van der Waals surface area (Å²) < 4.78 is 0. The number of benzene rings is 1. The third-order valence-electron chi connectivity index (χ3n) is 1.81. The minimum Gasteiger partial charge on any atom is -0.391 e. The van der Waals surface area contributed by atoms with Gasteiger partial charge in [0.15, 0.2) is 0 Å². The highest BCUT2D eigenvalue weighted by Crippen LogP contribution is 2.29. The van der Waals surface area contributed by atoms with Crippen molar-refractivity contribution in [2.75, 3.05) is 25.4 Å². The standard InChI is InChI=1S/C10H13Cl2NOS/c11-8-1-2-9(12)10(7-8)15-6-4-13-3-5-14/h1-2,7,13-14H,3-6H2/p+1. The van der Waals surface area contributed by atoms with Crippen LogP contribution >= 0.6 is 35.0 Å². The van der Waals surface area contributed by atoms with Crippen molar-refractivity contribution in [1.29, 1.82) is 0 Å². The van der Waals surface area contributed by atoms with E-state index in [0.717, 1.165) is 28.8 Å². The van der Waals surface area contributed by atoms with E-state index >= 15 is 0 Å². The van der Waals surface area contributed by atoms with E-state index in [-0.39, 0.29) is 6.61 Å². The summed E-state index contributed by atoms with van der Waals surface area (Å²) >= 11 is 13.6. The van der Waals surface area contributed by atoms with Crippen molar-refractivity contribution in [3.63, 3.8) is 0 Å². The fraction of sp³-hybridized carbons (Fsp3) is 0.400. The van der Waals surface area contributed by atoms with Crippen molar-refractivity contribution in [1.82, 2.24) is 0 Å². The van der Waals surface area contributed by atoms with Crippen molar-refractivity contribution < 1.29 is 10.4 Å². The number of nitrogens with two attached hydrogens (primary N) is 1. The molecule has 0 aliphatic carbocycles. The lowest BCUT2D eigenvalue weighted by atomic mass is 10.4. The molecule has 1 rings (SSSR count). The molecule has 0 atom stereocenters. The minimum absolute atomic E-state index is 0.225. The van der Waals surface area contributed by atoms with Crippen LogP contribution in [0.2, 0.25) is 10.0 Å². The van der Waals surface area contributed by atoms with E-state index in [4.69, 9.17) is 28.3 Å². The average Bonchev–Trinajstić information content (AvgIpc) is 2.23. The van der Waals surface area contributed by atoms with E-state index in [2.05, 4.69) is 5.32 Å². The second kappa shape index (κ2) is 7.36. The van der Waals surface area contributed by atoms with Crippen LogP contribution in [0.15, 0.2) is 23.1 Å². The summed E-state index contributed by atoms with van der Waals surface area (Å²) in [7, 11) is 0. The number of quaternary nitrogens is 1. The van der Waals surface area contributed by atoms with Gasteiger partial charge in [-0.15, -0.1) is 11.8 Å². The first-order valence-corrected chi connectivity index (χ1v) is 6.48. The Morgan fingerprint density at radius 2 is 2.07 bits per heavy atom. The average molecular weight is 267 g/mol. The monoisotopic (exact) mass is 266 g/mol. The highest BCUT2D eigenvalue weighted by atomic mass is 35.5. The van der Waals surface area contributed by atoms with Gasteiger partial charge in [-0.3, -0.25) is 0 Å². The van der Waals surface area contributed by atoms with Gasteiger partial charge in [0.25, 0.3) is 0 Å². The molecular weight excluding hydrogens is 253 g/mol. The molecule has 0 fully saturated rings. The first-order valence-electron chi connectivity index (χ1n) is 4.74. The van der Waals surface area contributed by atoms with Crippen molar-refractivity contribution >= 4 is 35.0 Å². The fourth-order valence-electron chi connectivity index (χ4n) is 1.08. The van der Waals surface area contributed by atoms with E-state index in [1.807, 2.05) is 12.1 Å². The van der Waals surface area contributed by atoms with Crippen molar-refractivity contribution in [2.24, 2.45) is 0 Å². The number of rotatable bonds is 6. The summed E-state index contributed by atoms with van der Waals surface area (Å²) in [6.45, 7) is 1.94. The Balaban J connectivity index is 2.33. The second-order valence-electron chi connectivity index (χ2n) is 3.01. The maximum Gasteiger partial charge on any atom is 0.0990 e. The summed E-state index contributed by atoms with van der Waals surface area (Å²) in [6.07, 6.45) is 0. The van der Waals surface area contributed by atoms with Crippen LogP contribution < -0.4 is 5.32 Å². The smallest absolute Gasteiger partial charge is 0.0990 e. The molecule has 84 valence electrons. The molecule has 0 aliphatic heterocycles. The van der Waals surface area contributed by atoms with Gasteiger partial charge in [0.2, 0.25) is 0 Å². The number of aliphatic hydroxyl groups excluding tert-OH is 1. The zero-order chi connectivity index (χ0) is 11.1. The minimum atomic E-state index is 0.225. The zero-order valence-electron chi connectivity index (χ0n) is 8.25. The summed E-state index contributed by atoms with van der Waals surface area (Å²) in [5.41, 5.74) is 0. The Labute approximate surface area is 104 Å². The maximum absolute atomic E-state index is 8.59. The van der Waals surface area contributed by atoms with Gasteiger partial charge in [-0.1, -0.05) is 23.2 Å². The fourth-order valence-corrected chi connectivity index (χ4v) is 2.51. The van der Waals surface area contributed by atoms with Crippen LogP contribution in [0.5, 0.6) is 0 Å². The SMILES string of the molecule is OCC[NH2+]CCSc1cc(Cl)ccc1Cl. The van der Waals surface area contributed by atoms with Crippen LogP contribution in [0, 0.1) is 0 Å². The molecule has 0 aromatic heterocycles. The molecule has 3 N–H and O–H groups in total. The topological polar surface area (TPSA) is 36.8 Å². The number of hydrogen-bond acceptors (Lipinski definition) is 2. The largest absolute Gasteiger partial charge is 0.391 e. The van der Waals surface area contributed by atoms with Gasteiger partial charge in [-0.05, 0) is 18.2 Å². The Morgan fingerprint density at radius 1 is 1.27 bits per heavy atom. The van der Waals surface area contributed by atoms with Crippen molar-refractivity contribution in [3.05, 3.63) is 28.2 Å². The molecule has 0 saturated heterocycles. The lowest BCUT2D eigenvalue weighted by Crippen LogP contribution is -2.85. The van der Waals surface area contributed by atoms with Gasteiger partial charge in [-0.25, -0.2) is 0 Å². The Hall–Kier alpha value is 0.0700. The van der Waals surface area contributed by atoms with Crippen LogP contribution in [0.25, 0.3) is 0 Å². The van der Waals surface area contributed by atoms with Crippen molar-refractivity contribution in [2.45, 2.75) is 4.90 Å². The number of aliphatic hydroxyl groups is 1. The molecule has 0 unspecified atom stereocenters. The molecule has 5 heteroatoms. The highest BCUT2D eigenvalue weighted by molar-refractivity contribution is 7.99. The predicted octanol–water partition coefficient (Wildman–Crippen LogP) is 1.64. The first kappa shape index (κ1) is 13.1. The molecule has 0 aliphatic rings. The molecule has 0 amide bonds.